The Labute approximate surface area is 227 Å². The van der Waals surface area contributed by atoms with Gasteiger partial charge in [-0.3, -0.25) is 9.59 Å². The zero-order chi connectivity index (χ0) is 28.6. The number of para-hydroxylation sites is 1. The summed E-state index contributed by atoms with van der Waals surface area (Å²) in [6.07, 6.45) is 2.07. The van der Waals surface area contributed by atoms with Gasteiger partial charge in [0.15, 0.2) is 0 Å². The number of carbonyl (C=O) groups excluding carboxylic acids is 3. The number of amides is 3. The predicted octanol–water partition coefficient (Wildman–Crippen LogP) is 1.22. The van der Waals surface area contributed by atoms with E-state index in [0.717, 1.165) is 28.1 Å². The Morgan fingerprint density at radius 3 is 2.54 bits per heavy atom. The molecule has 4 rings (SSSR count). The van der Waals surface area contributed by atoms with Crippen LogP contribution in [0, 0.1) is 0 Å². The SMILES string of the molecule is CC(=C1C(=O)Nc2ccccc21)c1cc(CC(=O)NCCN)c[nH]1.CC(=O)Nc1cccc([As](=O)(O)OO)c1. The van der Waals surface area contributed by atoms with Gasteiger partial charge < -0.3 is 21.4 Å². The molecule has 0 aliphatic carbocycles. The Bertz CT molecular complexity index is 1450. The van der Waals surface area contributed by atoms with Gasteiger partial charge in [-0.15, -0.1) is 0 Å². The van der Waals surface area contributed by atoms with Crippen LogP contribution in [0.4, 0.5) is 11.4 Å². The van der Waals surface area contributed by atoms with E-state index in [1.807, 2.05) is 37.3 Å². The van der Waals surface area contributed by atoms with Gasteiger partial charge in [-0.05, 0) is 30.2 Å². The summed E-state index contributed by atoms with van der Waals surface area (Å²) in [4.78, 5) is 37.9. The van der Waals surface area contributed by atoms with Gasteiger partial charge in [0.1, 0.15) is 0 Å². The standard InChI is InChI=1S/C18H20N4O2.C8H10AsNO5/c1-11(17-13-4-2-3-5-14(13)22-18(17)24)15-8-12(10-21-15)9-16(23)20-7-6-19;1-6(11)10-8-4-2-3-7(5-8)9(12,13)15-14/h2-5,8,10,21H,6-7,9,19H2,1H3,(H,20,23)(H,22,24);2-5,14H,1H3,(H,10,11)(H,12,13). The maximum atomic E-state index is 12.3. The first-order valence-corrected chi connectivity index (χ1v) is 15.2. The van der Waals surface area contributed by atoms with Crippen molar-refractivity contribution in [1.82, 2.24) is 10.3 Å². The fourth-order valence-corrected chi connectivity index (χ4v) is 5.26. The van der Waals surface area contributed by atoms with E-state index in [9.17, 15) is 22.2 Å². The van der Waals surface area contributed by atoms with E-state index in [1.54, 1.807) is 12.3 Å². The molecule has 0 bridgehead atoms. The average Bonchev–Trinajstić information content (AvgIpc) is 3.50. The van der Waals surface area contributed by atoms with E-state index in [0.29, 0.717) is 24.4 Å². The quantitative estimate of drug-likeness (QED) is 0.0869. The summed E-state index contributed by atoms with van der Waals surface area (Å²) < 4.78 is 23.9. The molecule has 12 nitrogen and oxygen atoms in total. The summed E-state index contributed by atoms with van der Waals surface area (Å²) in [7, 11) is 0. The number of benzene rings is 2. The Kier molecular flexibility index (Phi) is 10.0. The van der Waals surface area contributed by atoms with Crippen LogP contribution in [0.15, 0.2) is 60.8 Å². The van der Waals surface area contributed by atoms with Crippen molar-refractivity contribution >= 4 is 58.8 Å². The Balaban J connectivity index is 0.000000242. The molecule has 1 unspecified atom stereocenters. The van der Waals surface area contributed by atoms with E-state index < -0.39 is 14.2 Å². The molecular weight excluding hydrogens is 569 g/mol. The molecule has 206 valence electrons. The predicted molar refractivity (Wildman–Crippen MR) is 147 cm³/mol. The van der Waals surface area contributed by atoms with E-state index in [4.69, 9.17) is 11.0 Å². The summed E-state index contributed by atoms with van der Waals surface area (Å²) in [5.74, 6) is -0.470. The number of aromatic amines is 1. The van der Waals surface area contributed by atoms with Crippen LogP contribution in [-0.4, -0.2) is 59.3 Å². The van der Waals surface area contributed by atoms with Crippen LogP contribution in [0.3, 0.4) is 0 Å². The number of hydrogen-bond donors (Lipinski definition) is 7. The summed E-state index contributed by atoms with van der Waals surface area (Å²) in [5.41, 5.74) is 10.7. The van der Waals surface area contributed by atoms with Crippen molar-refractivity contribution in [3.05, 3.63) is 77.6 Å². The van der Waals surface area contributed by atoms with Gasteiger partial charge in [-0.1, -0.05) is 18.2 Å². The molecule has 3 amide bonds. The number of fused-ring (bicyclic) bond motifs is 1. The summed E-state index contributed by atoms with van der Waals surface area (Å²) >= 11 is -4.83. The van der Waals surface area contributed by atoms with Gasteiger partial charge >= 0.3 is 88.4 Å². The van der Waals surface area contributed by atoms with Crippen LogP contribution in [0.2, 0.25) is 0 Å². The summed E-state index contributed by atoms with van der Waals surface area (Å²) in [6.45, 7) is 4.11. The van der Waals surface area contributed by atoms with Crippen molar-refractivity contribution in [3.8, 4) is 0 Å². The minimum absolute atomic E-state index is 0.0399. The Morgan fingerprint density at radius 2 is 1.85 bits per heavy atom. The van der Waals surface area contributed by atoms with E-state index in [1.165, 1.54) is 25.1 Å². The fraction of sp³-hybridized carbons (Fsp3) is 0.192. The zero-order valence-corrected chi connectivity index (χ0v) is 23.2. The van der Waals surface area contributed by atoms with Gasteiger partial charge in [0.25, 0.3) is 5.91 Å². The molecule has 1 aromatic heterocycles. The van der Waals surface area contributed by atoms with Crippen LogP contribution in [0.25, 0.3) is 11.1 Å². The minimum atomic E-state index is -4.83. The molecule has 1 atom stereocenters. The van der Waals surface area contributed by atoms with E-state index in [2.05, 4.69) is 24.8 Å². The molecule has 0 saturated carbocycles. The molecule has 1 aliphatic heterocycles. The second-order valence-electron chi connectivity index (χ2n) is 8.57. The molecule has 1 aliphatic rings. The molecule has 13 heteroatoms. The molecule has 8 N–H and O–H groups in total. The van der Waals surface area contributed by atoms with Gasteiger partial charge in [-0.2, -0.15) is 0 Å². The first kappa shape index (κ1) is 29.6. The second kappa shape index (κ2) is 13.2. The van der Waals surface area contributed by atoms with Crippen LogP contribution in [-0.2, 0) is 28.4 Å². The number of carbonyl (C=O) groups is 3. The third-order valence-electron chi connectivity index (χ3n) is 5.63. The third kappa shape index (κ3) is 7.79. The molecule has 3 aromatic rings. The van der Waals surface area contributed by atoms with Crippen LogP contribution in [0.1, 0.15) is 30.7 Å². The van der Waals surface area contributed by atoms with Crippen molar-refractivity contribution < 1.29 is 31.4 Å². The molecule has 0 fully saturated rings. The molecule has 0 saturated heterocycles. The maximum absolute atomic E-state index is 12.3. The van der Waals surface area contributed by atoms with Crippen molar-refractivity contribution in [1.29, 1.82) is 0 Å². The number of rotatable bonds is 8. The van der Waals surface area contributed by atoms with Gasteiger partial charge in [0.2, 0.25) is 5.91 Å². The van der Waals surface area contributed by atoms with Crippen LogP contribution >= 0.6 is 0 Å². The van der Waals surface area contributed by atoms with Gasteiger partial charge in [0.05, 0.1) is 12.0 Å². The number of allylic oxidation sites excluding steroid dienone is 1. The van der Waals surface area contributed by atoms with Gasteiger partial charge in [-0.25, -0.2) is 0 Å². The van der Waals surface area contributed by atoms with Gasteiger partial charge in [0, 0.05) is 36.2 Å². The molecular formula is C26H30AsN5O7. The van der Waals surface area contributed by atoms with E-state index in [-0.39, 0.29) is 28.5 Å². The summed E-state index contributed by atoms with van der Waals surface area (Å²) in [6, 6.07) is 15.2. The average molecular weight is 599 g/mol. The summed E-state index contributed by atoms with van der Waals surface area (Å²) in [5, 5.41) is 16.3. The van der Waals surface area contributed by atoms with Crippen LogP contribution in [0.5, 0.6) is 0 Å². The number of aromatic nitrogens is 1. The van der Waals surface area contributed by atoms with Crippen molar-refractivity contribution in [2.75, 3.05) is 23.7 Å². The van der Waals surface area contributed by atoms with E-state index >= 15 is 0 Å². The van der Waals surface area contributed by atoms with Crippen LogP contribution < -0.4 is 26.0 Å². The molecule has 2 aromatic carbocycles. The first-order chi connectivity index (χ1) is 18.6. The van der Waals surface area contributed by atoms with Crippen molar-refractivity contribution in [2.24, 2.45) is 5.73 Å². The number of nitrogens with one attached hydrogen (secondary N) is 4. The molecule has 39 heavy (non-hydrogen) atoms. The normalized spacial score (nSPS) is 14.7. The zero-order valence-electron chi connectivity index (χ0n) is 21.4. The number of anilines is 2. The number of nitrogens with two attached hydrogens (primary N) is 1. The number of hydrogen-bond acceptors (Lipinski definition) is 7. The fourth-order valence-electron chi connectivity index (χ4n) is 3.85. The second-order valence-corrected chi connectivity index (χ2v) is 12.2. The third-order valence-corrected chi connectivity index (χ3v) is 8.05. The first-order valence-electron chi connectivity index (χ1n) is 11.9. The topological polar surface area (TPSA) is 196 Å². The molecule has 0 spiro atoms. The van der Waals surface area contributed by atoms with Crippen molar-refractivity contribution in [2.45, 2.75) is 20.3 Å². The Morgan fingerprint density at radius 1 is 1.10 bits per heavy atom. The van der Waals surface area contributed by atoms with Crippen molar-refractivity contribution in [3.63, 3.8) is 0 Å². The molecule has 0 radical (unpaired) electrons. The Hall–Kier alpha value is -3.93. The molecule has 2 heterocycles. The monoisotopic (exact) mass is 599 g/mol. The number of H-pyrrole nitrogens is 1.